The first-order valence-electron chi connectivity index (χ1n) is 8.71. The Morgan fingerprint density at radius 3 is 1.73 bits per heavy atom. The number of hydrogen-bond acceptors (Lipinski definition) is 2. The fourth-order valence-electron chi connectivity index (χ4n) is 2.51. The minimum atomic E-state index is -1.17. The predicted molar refractivity (Wildman–Crippen MR) is 111 cm³/mol. The highest BCUT2D eigenvalue weighted by molar-refractivity contribution is 8.77. The highest BCUT2D eigenvalue weighted by Crippen LogP contribution is 2.49. The lowest BCUT2D eigenvalue weighted by atomic mass is 9.92. The highest BCUT2D eigenvalue weighted by Gasteiger charge is 2.39. The Morgan fingerprint density at radius 1 is 0.773 bits per heavy atom. The molecule has 5 heteroatoms. The molecule has 0 heterocycles. The molecule has 0 aliphatic rings. The third-order valence-electron chi connectivity index (χ3n) is 3.71. The second kappa shape index (κ2) is 13.8. The lowest BCUT2D eigenvalue weighted by Crippen LogP contribution is -2.30. The Labute approximate surface area is 161 Å². The molecule has 1 unspecified atom stereocenters. The van der Waals surface area contributed by atoms with Crippen LogP contribution in [0.4, 0.5) is 0 Å². The number of hydrogen-bond donors (Lipinski definition) is 0. The van der Waals surface area contributed by atoms with Crippen LogP contribution >= 0.6 is 56.4 Å². The minimum Gasteiger partial charge on any atom is -0.0909 e. The molecule has 2 atom stereocenters. The molecule has 0 saturated heterocycles. The van der Waals surface area contributed by atoms with Gasteiger partial charge in [0, 0.05) is 5.25 Å². The molecule has 0 aromatic heterocycles. The molecule has 0 aliphatic carbocycles. The van der Waals surface area contributed by atoms with E-state index in [1.165, 1.54) is 57.8 Å². The van der Waals surface area contributed by atoms with Gasteiger partial charge in [0.1, 0.15) is 0 Å². The number of alkyl halides is 3. The summed E-state index contributed by atoms with van der Waals surface area (Å²) in [5, 5.41) is 0.639. The maximum absolute atomic E-state index is 6.33. The van der Waals surface area contributed by atoms with E-state index in [-0.39, 0.29) is 5.25 Å². The summed E-state index contributed by atoms with van der Waals surface area (Å²) >= 11 is 19.0. The van der Waals surface area contributed by atoms with Gasteiger partial charge in [0.25, 0.3) is 0 Å². The molecule has 22 heavy (non-hydrogen) atoms. The fourth-order valence-corrected chi connectivity index (χ4v) is 6.73. The zero-order valence-corrected chi connectivity index (χ0v) is 18.4. The highest BCUT2D eigenvalue weighted by atomic mass is 35.6. The molecule has 0 N–H and O–H groups in total. The van der Waals surface area contributed by atoms with Crippen molar-refractivity contribution >= 4 is 56.4 Å². The Bertz CT molecular complexity index is 255. The maximum Gasteiger partial charge on any atom is 0.203 e. The van der Waals surface area contributed by atoms with E-state index < -0.39 is 3.79 Å². The van der Waals surface area contributed by atoms with Crippen molar-refractivity contribution in [1.82, 2.24) is 0 Å². The van der Waals surface area contributed by atoms with Crippen LogP contribution in [-0.2, 0) is 0 Å². The van der Waals surface area contributed by atoms with E-state index in [4.69, 9.17) is 34.8 Å². The zero-order valence-electron chi connectivity index (χ0n) is 14.5. The number of unbranched alkanes of at least 4 members (excludes halogenated alkanes) is 5. The van der Waals surface area contributed by atoms with Crippen LogP contribution in [0.15, 0.2) is 0 Å². The topological polar surface area (TPSA) is 0 Å². The number of halogens is 3. The van der Waals surface area contributed by atoms with Crippen LogP contribution in [0.5, 0.6) is 0 Å². The van der Waals surface area contributed by atoms with Gasteiger partial charge in [0.2, 0.25) is 3.79 Å². The standard InChI is InChI=1S/C17H33Cl3S2/c1-5-7-9-11-13-15(12-10-8-6-2)16(17(18,19)20)22-21-14(3)4/h14-16H,5-13H2,1-4H3/t15?,16-/m0/s1. The van der Waals surface area contributed by atoms with E-state index >= 15 is 0 Å². The molecule has 0 fully saturated rings. The summed E-state index contributed by atoms with van der Waals surface area (Å²) in [4.78, 5) is 0. The monoisotopic (exact) mass is 406 g/mol. The molecular weight excluding hydrogens is 375 g/mol. The molecule has 0 nitrogen and oxygen atoms in total. The maximum atomic E-state index is 6.33. The summed E-state index contributed by atoms with van der Waals surface area (Å²) < 4.78 is -1.17. The quantitative estimate of drug-likeness (QED) is 0.170. The van der Waals surface area contributed by atoms with Crippen LogP contribution in [0.1, 0.15) is 85.5 Å². The van der Waals surface area contributed by atoms with Crippen molar-refractivity contribution in [3.63, 3.8) is 0 Å². The average Bonchev–Trinajstić information content (AvgIpc) is 2.41. The summed E-state index contributed by atoms with van der Waals surface area (Å²) in [7, 11) is 3.63. The van der Waals surface area contributed by atoms with E-state index in [2.05, 4.69) is 27.7 Å². The second-order valence-corrected chi connectivity index (χ2v) is 11.7. The van der Waals surface area contributed by atoms with Crippen molar-refractivity contribution in [2.24, 2.45) is 5.92 Å². The summed E-state index contributed by atoms with van der Waals surface area (Å²) in [5.41, 5.74) is 0. The van der Waals surface area contributed by atoms with Gasteiger partial charge in [-0.3, -0.25) is 0 Å². The van der Waals surface area contributed by atoms with E-state index in [0.29, 0.717) is 11.2 Å². The normalized spacial score (nSPS) is 15.3. The smallest absolute Gasteiger partial charge is 0.0909 e. The predicted octanol–water partition coefficient (Wildman–Crippen LogP) is 8.68. The Kier molecular flexibility index (Phi) is 14.8. The summed E-state index contributed by atoms with van der Waals surface area (Å²) in [6, 6.07) is 0. The van der Waals surface area contributed by atoms with Gasteiger partial charge in [-0.25, -0.2) is 0 Å². The Morgan fingerprint density at radius 2 is 1.27 bits per heavy atom. The van der Waals surface area contributed by atoms with Crippen molar-refractivity contribution in [3.8, 4) is 0 Å². The molecule has 134 valence electrons. The van der Waals surface area contributed by atoms with Crippen molar-refractivity contribution in [2.45, 2.75) is 99.8 Å². The van der Waals surface area contributed by atoms with Crippen molar-refractivity contribution < 1.29 is 0 Å². The number of rotatable bonds is 13. The molecule has 0 saturated carbocycles. The molecule has 0 aromatic rings. The summed E-state index contributed by atoms with van der Waals surface area (Å²) in [6.45, 7) is 8.88. The van der Waals surface area contributed by atoms with Crippen LogP contribution in [0.3, 0.4) is 0 Å². The van der Waals surface area contributed by atoms with E-state index in [0.717, 1.165) is 0 Å². The molecular formula is C17H33Cl3S2. The first-order chi connectivity index (χ1) is 10.3. The van der Waals surface area contributed by atoms with Crippen LogP contribution in [0, 0.1) is 5.92 Å². The molecule has 0 bridgehead atoms. The zero-order chi connectivity index (χ0) is 17.0. The molecule has 0 spiro atoms. The third kappa shape index (κ3) is 12.0. The van der Waals surface area contributed by atoms with E-state index in [9.17, 15) is 0 Å². The molecule has 0 amide bonds. The van der Waals surface area contributed by atoms with Crippen LogP contribution < -0.4 is 0 Å². The average molecular weight is 408 g/mol. The van der Waals surface area contributed by atoms with E-state index in [1.54, 1.807) is 10.8 Å². The third-order valence-corrected chi connectivity index (χ3v) is 8.35. The Balaban J connectivity index is 4.68. The molecule has 0 aliphatic heterocycles. The van der Waals surface area contributed by atoms with Crippen molar-refractivity contribution in [2.75, 3.05) is 0 Å². The fraction of sp³-hybridized carbons (Fsp3) is 1.00. The van der Waals surface area contributed by atoms with Gasteiger partial charge < -0.3 is 0 Å². The second-order valence-electron chi connectivity index (χ2n) is 6.31. The lowest BCUT2D eigenvalue weighted by molar-refractivity contribution is 0.397. The molecule has 0 aromatic carbocycles. The first-order valence-corrected chi connectivity index (χ1v) is 12.1. The Hall–Kier alpha value is 1.57. The van der Waals surface area contributed by atoms with Crippen molar-refractivity contribution in [3.05, 3.63) is 0 Å². The van der Waals surface area contributed by atoms with Gasteiger partial charge in [0.05, 0.1) is 5.25 Å². The first kappa shape index (κ1) is 23.6. The van der Waals surface area contributed by atoms with Gasteiger partial charge >= 0.3 is 0 Å². The van der Waals surface area contributed by atoms with Gasteiger partial charge in [0.15, 0.2) is 0 Å². The minimum absolute atomic E-state index is 0.0865. The van der Waals surface area contributed by atoms with Crippen LogP contribution in [-0.4, -0.2) is 14.3 Å². The van der Waals surface area contributed by atoms with Crippen LogP contribution in [0.25, 0.3) is 0 Å². The van der Waals surface area contributed by atoms with Crippen molar-refractivity contribution in [1.29, 1.82) is 0 Å². The lowest BCUT2D eigenvalue weighted by Gasteiger charge is -2.32. The van der Waals surface area contributed by atoms with Gasteiger partial charge in [-0.2, -0.15) is 0 Å². The van der Waals surface area contributed by atoms with Crippen LogP contribution in [0.2, 0.25) is 0 Å². The molecule has 0 radical (unpaired) electrons. The summed E-state index contributed by atoms with van der Waals surface area (Å²) in [6.07, 6.45) is 11.3. The van der Waals surface area contributed by atoms with Gasteiger partial charge in [-0.15, -0.1) is 0 Å². The molecule has 0 rings (SSSR count). The van der Waals surface area contributed by atoms with Gasteiger partial charge in [-0.05, 0) is 18.8 Å². The largest absolute Gasteiger partial charge is 0.203 e. The summed E-state index contributed by atoms with van der Waals surface area (Å²) in [5.74, 6) is 0.507. The SMILES string of the molecule is CCCCCCC(CCCCC)[C@H](SSC(C)C)C(Cl)(Cl)Cl. The van der Waals surface area contributed by atoms with E-state index in [1.807, 2.05) is 10.8 Å². The van der Waals surface area contributed by atoms with Gasteiger partial charge in [-0.1, -0.05) is 129 Å².